The Kier molecular flexibility index (Phi) is 8.72. The molecule has 2 saturated heterocycles. The molecule has 1 atom stereocenters. The average molecular weight is 617 g/mol. The molecule has 0 radical (unpaired) electrons. The van der Waals surface area contributed by atoms with Crippen LogP contribution in [0.1, 0.15) is 31.2 Å². The Hall–Kier alpha value is -4.67. The first-order valence-electron chi connectivity index (χ1n) is 16.2. The molecule has 2 aliphatic rings. The Labute approximate surface area is 268 Å². The van der Waals surface area contributed by atoms with E-state index in [1.165, 1.54) is 12.8 Å². The SMILES string of the molecule is Cc1cnc(-c2cc3cnc(Nc4ccc(NC5CCCN(C)C5)cc4)nc3n(CC3CCOCC3)c2=O)c(-c2ccccn2)c1. The van der Waals surface area contributed by atoms with Gasteiger partial charge in [-0.3, -0.25) is 19.3 Å². The van der Waals surface area contributed by atoms with Crippen LogP contribution in [-0.4, -0.2) is 68.8 Å². The van der Waals surface area contributed by atoms with E-state index in [0.29, 0.717) is 54.6 Å². The second-order valence-corrected chi connectivity index (χ2v) is 12.6. The van der Waals surface area contributed by atoms with E-state index >= 15 is 0 Å². The first-order chi connectivity index (χ1) is 22.5. The number of hydrogen-bond acceptors (Lipinski definition) is 9. The number of likely N-dealkylation sites (N-methyl/N-ethyl adjacent to an activating group) is 1. The van der Waals surface area contributed by atoms with Gasteiger partial charge in [0.2, 0.25) is 5.95 Å². The number of aryl methyl sites for hydroxylation is 1. The lowest BCUT2D eigenvalue weighted by atomic mass is 9.99. The number of benzene rings is 1. The quantitative estimate of drug-likeness (QED) is 0.220. The van der Waals surface area contributed by atoms with E-state index in [9.17, 15) is 4.79 Å². The fourth-order valence-electron chi connectivity index (χ4n) is 6.55. The van der Waals surface area contributed by atoms with Gasteiger partial charge in [-0.1, -0.05) is 6.07 Å². The maximum atomic E-state index is 14.4. The van der Waals surface area contributed by atoms with E-state index < -0.39 is 0 Å². The van der Waals surface area contributed by atoms with Crippen molar-refractivity contribution in [3.05, 3.63) is 89.1 Å². The topological polar surface area (TPSA) is 110 Å². The zero-order valence-electron chi connectivity index (χ0n) is 26.4. The molecule has 2 fully saturated rings. The summed E-state index contributed by atoms with van der Waals surface area (Å²) >= 11 is 0. The monoisotopic (exact) mass is 616 g/mol. The molecule has 46 heavy (non-hydrogen) atoms. The van der Waals surface area contributed by atoms with Gasteiger partial charge in [0.1, 0.15) is 5.65 Å². The van der Waals surface area contributed by atoms with Crippen molar-refractivity contribution in [1.82, 2.24) is 29.4 Å². The van der Waals surface area contributed by atoms with Crippen LogP contribution in [0.3, 0.4) is 0 Å². The van der Waals surface area contributed by atoms with Crippen LogP contribution in [0.15, 0.2) is 78.0 Å². The summed E-state index contributed by atoms with van der Waals surface area (Å²) in [6.45, 7) is 6.15. The van der Waals surface area contributed by atoms with Crippen LogP contribution in [0.5, 0.6) is 0 Å². The molecule has 0 aliphatic carbocycles. The summed E-state index contributed by atoms with van der Waals surface area (Å²) in [6.07, 6.45) is 9.53. The number of nitrogens with zero attached hydrogens (tertiary/aromatic N) is 6. The van der Waals surface area contributed by atoms with Crippen molar-refractivity contribution in [2.24, 2.45) is 5.92 Å². The number of fused-ring (bicyclic) bond motifs is 1. The minimum Gasteiger partial charge on any atom is -0.381 e. The number of ether oxygens (including phenoxy) is 1. The minimum absolute atomic E-state index is 0.124. The molecular formula is C36H40N8O2. The summed E-state index contributed by atoms with van der Waals surface area (Å²) in [6, 6.07) is 18.4. The standard InChI is InChI=1S/C36H40N8O2/c1-24-18-30(32-7-3-4-14-37-32)33(38-20-24)31-19-26-21-39-36(42-34(26)44(35(31)45)22-25-12-16-46-17-13-25)41-28-10-8-27(9-11-28)40-29-6-5-15-43(2)23-29/h3-4,7-11,14,18-21,25,29,40H,5-6,12-13,15-17,22-23H2,1-2H3,(H,39,41,42). The van der Waals surface area contributed by atoms with E-state index in [-0.39, 0.29) is 5.56 Å². The first kappa shape index (κ1) is 30.0. The summed E-state index contributed by atoms with van der Waals surface area (Å²) in [5.74, 6) is 0.749. The lowest BCUT2D eigenvalue weighted by Crippen LogP contribution is -2.39. The van der Waals surface area contributed by atoms with Crippen LogP contribution in [0, 0.1) is 12.8 Å². The van der Waals surface area contributed by atoms with Crippen molar-refractivity contribution in [2.45, 2.75) is 45.2 Å². The predicted octanol–water partition coefficient (Wildman–Crippen LogP) is 5.90. The van der Waals surface area contributed by atoms with Crippen LogP contribution in [0.2, 0.25) is 0 Å². The summed E-state index contributed by atoms with van der Waals surface area (Å²) in [4.78, 5) is 35.7. The number of hydrogen-bond donors (Lipinski definition) is 2. The minimum atomic E-state index is -0.124. The third kappa shape index (κ3) is 6.63. The maximum absolute atomic E-state index is 14.4. The van der Waals surface area contributed by atoms with Gasteiger partial charge in [0.05, 0.1) is 17.0 Å². The van der Waals surface area contributed by atoms with E-state index in [1.54, 1.807) is 18.6 Å². The van der Waals surface area contributed by atoms with Crippen molar-refractivity contribution in [1.29, 1.82) is 0 Å². The molecule has 0 spiro atoms. The highest BCUT2D eigenvalue weighted by Gasteiger charge is 2.22. The lowest BCUT2D eigenvalue weighted by molar-refractivity contribution is 0.0613. The number of rotatable bonds is 8. The van der Waals surface area contributed by atoms with Gasteiger partial charge in [0.25, 0.3) is 5.56 Å². The average Bonchev–Trinajstić information content (AvgIpc) is 3.08. The van der Waals surface area contributed by atoms with Gasteiger partial charge in [0.15, 0.2) is 0 Å². The van der Waals surface area contributed by atoms with Gasteiger partial charge >= 0.3 is 0 Å². The molecule has 2 N–H and O–H groups in total. The largest absolute Gasteiger partial charge is 0.381 e. The van der Waals surface area contributed by atoms with Crippen molar-refractivity contribution in [3.63, 3.8) is 0 Å². The van der Waals surface area contributed by atoms with Crippen LogP contribution in [0.4, 0.5) is 17.3 Å². The Bertz CT molecular complexity index is 1870. The molecular weight excluding hydrogens is 576 g/mol. The second kappa shape index (κ2) is 13.4. The van der Waals surface area contributed by atoms with Gasteiger partial charge < -0.3 is 20.3 Å². The highest BCUT2D eigenvalue weighted by atomic mass is 16.5. The van der Waals surface area contributed by atoms with E-state index in [4.69, 9.17) is 14.7 Å². The normalized spacial score (nSPS) is 17.7. The third-order valence-corrected chi connectivity index (χ3v) is 8.97. The molecule has 2 aliphatic heterocycles. The van der Waals surface area contributed by atoms with Crippen LogP contribution >= 0.6 is 0 Å². The molecule has 236 valence electrons. The number of nitrogens with one attached hydrogen (secondary N) is 2. The number of aromatic nitrogens is 5. The summed E-state index contributed by atoms with van der Waals surface area (Å²) in [7, 11) is 2.17. The fraction of sp³-hybridized carbons (Fsp3) is 0.361. The molecule has 0 bridgehead atoms. The number of likely N-dealkylation sites (tertiary alicyclic amines) is 1. The van der Waals surface area contributed by atoms with Gasteiger partial charge in [0, 0.05) is 73.3 Å². The molecule has 0 amide bonds. The Morgan fingerprint density at radius 2 is 1.76 bits per heavy atom. The molecule has 4 aromatic heterocycles. The molecule has 10 nitrogen and oxygen atoms in total. The Morgan fingerprint density at radius 3 is 2.54 bits per heavy atom. The molecule has 1 unspecified atom stereocenters. The predicted molar refractivity (Wildman–Crippen MR) is 182 cm³/mol. The summed E-state index contributed by atoms with van der Waals surface area (Å²) in [5, 5.41) is 7.79. The van der Waals surface area contributed by atoms with E-state index in [1.807, 2.05) is 54.0 Å². The summed E-state index contributed by atoms with van der Waals surface area (Å²) in [5.41, 5.74) is 6.16. The zero-order valence-corrected chi connectivity index (χ0v) is 26.4. The molecule has 10 heteroatoms. The van der Waals surface area contributed by atoms with E-state index in [0.717, 1.165) is 59.5 Å². The Morgan fingerprint density at radius 1 is 0.935 bits per heavy atom. The van der Waals surface area contributed by atoms with E-state index in [2.05, 4.69) is 44.7 Å². The maximum Gasteiger partial charge on any atom is 0.261 e. The molecule has 0 saturated carbocycles. The highest BCUT2D eigenvalue weighted by molar-refractivity contribution is 5.86. The summed E-state index contributed by atoms with van der Waals surface area (Å²) < 4.78 is 7.43. The third-order valence-electron chi connectivity index (χ3n) is 8.97. The van der Waals surface area contributed by atoms with Gasteiger partial charge in [-0.05, 0) is 106 Å². The van der Waals surface area contributed by atoms with Crippen molar-refractivity contribution in [3.8, 4) is 22.5 Å². The highest BCUT2D eigenvalue weighted by Crippen LogP contribution is 2.30. The Balaban J connectivity index is 1.23. The zero-order chi connectivity index (χ0) is 31.5. The molecule has 7 rings (SSSR count). The van der Waals surface area contributed by atoms with Gasteiger partial charge in [-0.15, -0.1) is 0 Å². The van der Waals surface area contributed by atoms with Crippen LogP contribution < -0.4 is 16.2 Å². The fourth-order valence-corrected chi connectivity index (χ4v) is 6.55. The number of piperidine rings is 1. The van der Waals surface area contributed by atoms with Gasteiger partial charge in [-0.2, -0.15) is 4.98 Å². The lowest BCUT2D eigenvalue weighted by Gasteiger charge is -2.30. The second-order valence-electron chi connectivity index (χ2n) is 12.6. The van der Waals surface area contributed by atoms with Crippen molar-refractivity contribution >= 4 is 28.4 Å². The van der Waals surface area contributed by atoms with Gasteiger partial charge in [-0.25, -0.2) is 4.98 Å². The van der Waals surface area contributed by atoms with Crippen LogP contribution in [0.25, 0.3) is 33.5 Å². The van der Waals surface area contributed by atoms with Crippen molar-refractivity contribution < 1.29 is 4.74 Å². The van der Waals surface area contributed by atoms with Crippen molar-refractivity contribution in [2.75, 3.05) is 44.0 Å². The molecule has 5 aromatic rings. The number of anilines is 3. The van der Waals surface area contributed by atoms with Crippen LogP contribution in [-0.2, 0) is 11.3 Å². The first-order valence-corrected chi connectivity index (χ1v) is 16.2. The molecule has 1 aromatic carbocycles. The molecule has 6 heterocycles. The smallest absolute Gasteiger partial charge is 0.261 e. The number of pyridine rings is 3.